The third-order valence-corrected chi connectivity index (χ3v) is 4.23. The van der Waals surface area contributed by atoms with Crippen molar-refractivity contribution in [3.05, 3.63) is 99.6 Å². The maximum Gasteiger partial charge on any atom is 0.271 e. The van der Waals surface area contributed by atoms with E-state index in [-0.39, 0.29) is 11.3 Å². The molecule has 3 rings (SSSR count). The van der Waals surface area contributed by atoms with Crippen LogP contribution in [0.3, 0.4) is 0 Å². The fourth-order valence-corrected chi connectivity index (χ4v) is 2.67. The zero-order valence-electron chi connectivity index (χ0n) is 16.4. The maximum atomic E-state index is 12.3. The summed E-state index contributed by atoms with van der Waals surface area (Å²) in [5.74, 6) is -0.297. The minimum absolute atomic E-state index is 0.154. The van der Waals surface area contributed by atoms with Gasteiger partial charge in [0, 0.05) is 34.5 Å². The molecule has 3 aromatic carbocycles. The molecule has 0 atom stereocenters. The summed E-state index contributed by atoms with van der Waals surface area (Å²) in [5.41, 5.74) is 3.89. The van der Waals surface area contributed by atoms with E-state index in [0.29, 0.717) is 22.6 Å². The molecule has 9 nitrogen and oxygen atoms in total. The quantitative estimate of drug-likeness (QED) is 0.345. The number of anilines is 1. The lowest BCUT2D eigenvalue weighted by Crippen LogP contribution is -2.18. The Morgan fingerprint density at radius 1 is 0.968 bits per heavy atom. The molecule has 2 N–H and O–H groups in total. The number of rotatable bonds is 7. The van der Waals surface area contributed by atoms with Crippen LogP contribution in [-0.4, -0.2) is 30.1 Å². The number of carbonyl (C=O) groups excluding carboxylic acids is 2. The lowest BCUT2D eigenvalue weighted by Gasteiger charge is -2.06. The van der Waals surface area contributed by atoms with Crippen LogP contribution in [0.25, 0.3) is 0 Å². The van der Waals surface area contributed by atoms with Crippen molar-refractivity contribution in [2.75, 3.05) is 12.4 Å². The number of hydrogen-bond donors (Lipinski definition) is 2. The first-order chi connectivity index (χ1) is 15.0. The molecule has 0 aliphatic carbocycles. The molecule has 0 aliphatic rings. The number of hydrazone groups is 1. The second-order valence-corrected chi connectivity index (χ2v) is 6.28. The van der Waals surface area contributed by atoms with Crippen molar-refractivity contribution in [3.63, 3.8) is 0 Å². The average molecular weight is 418 g/mol. The zero-order valence-corrected chi connectivity index (χ0v) is 16.4. The third-order valence-electron chi connectivity index (χ3n) is 4.23. The second kappa shape index (κ2) is 9.79. The summed E-state index contributed by atoms with van der Waals surface area (Å²) in [5, 5.41) is 17.4. The number of nitro benzene ring substituents is 1. The van der Waals surface area contributed by atoms with Crippen molar-refractivity contribution < 1.29 is 19.2 Å². The number of non-ortho nitro benzene ring substituents is 1. The number of ether oxygens (including phenoxy) is 1. The number of methoxy groups -OCH3 is 1. The Morgan fingerprint density at radius 3 is 2.42 bits per heavy atom. The van der Waals surface area contributed by atoms with E-state index in [1.807, 2.05) is 12.1 Å². The van der Waals surface area contributed by atoms with Gasteiger partial charge < -0.3 is 10.1 Å². The van der Waals surface area contributed by atoms with Gasteiger partial charge in [0.2, 0.25) is 0 Å². The number of nitrogens with one attached hydrogen (secondary N) is 2. The Balaban J connectivity index is 1.61. The smallest absolute Gasteiger partial charge is 0.271 e. The van der Waals surface area contributed by atoms with E-state index >= 15 is 0 Å². The highest BCUT2D eigenvalue weighted by molar-refractivity contribution is 6.05. The molecule has 156 valence electrons. The number of nitrogens with zero attached hydrogens (tertiary/aromatic N) is 2. The minimum atomic E-state index is -0.569. The Hall–Kier alpha value is -4.53. The van der Waals surface area contributed by atoms with E-state index in [2.05, 4.69) is 15.8 Å². The summed E-state index contributed by atoms with van der Waals surface area (Å²) in [6, 6.07) is 18.8. The van der Waals surface area contributed by atoms with E-state index in [4.69, 9.17) is 4.74 Å². The fourth-order valence-electron chi connectivity index (χ4n) is 2.67. The van der Waals surface area contributed by atoms with Gasteiger partial charge in [-0.15, -0.1) is 0 Å². The van der Waals surface area contributed by atoms with Crippen molar-refractivity contribution in [2.24, 2.45) is 5.10 Å². The zero-order chi connectivity index (χ0) is 22.2. The van der Waals surface area contributed by atoms with Crippen LogP contribution in [0.5, 0.6) is 5.75 Å². The molecule has 0 saturated heterocycles. The van der Waals surface area contributed by atoms with Crippen LogP contribution in [0.4, 0.5) is 11.4 Å². The van der Waals surface area contributed by atoms with E-state index in [1.54, 1.807) is 31.4 Å². The molecule has 0 saturated carbocycles. The van der Waals surface area contributed by atoms with E-state index in [0.717, 1.165) is 0 Å². The molecule has 0 aromatic heterocycles. The largest absolute Gasteiger partial charge is 0.496 e. The van der Waals surface area contributed by atoms with Crippen LogP contribution >= 0.6 is 0 Å². The topological polar surface area (TPSA) is 123 Å². The van der Waals surface area contributed by atoms with Crippen LogP contribution < -0.4 is 15.5 Å². The Morgan fingerprint density at radius 2 is 1.71 bits per heavy atom. The van der Waals surface area contributed by atoms with E-state index in [1.165, 1.54) is 42.6 Å². The SMILES string of the molecule is COc1ccccc1C=NNC(=O)c1ccc(NC(=O)c2cccc([N+](=O)[O-])c2)cc1. The number of amides is 2. The molecular formula is C22H18N4O5. The summed E-state index contributed by atoms with van der Waals surface area (Å²) in [6.45, 7) is 0. The highest BCUT2D eigenvalue weighted by atomic mass is 16.6. The first kappa shape index (κ1) is 21.2. The number of hydrogen-bond acceptors (Lipinski definition) is 6. The number of benzene rings is 3. The predicted octanol–water partition coefficient (Wildman–Crippen LogP) is 3.62. The molecule has 0 unspecified atom stereocenters. The van der Waals surface area contributed by atoms with Gasteiger partial charge in [-0.2, -0.15) is 5.10 Å². The number of carbonyl (C=O) groups is 2. The summed E-state index contributed by atoms with van der Waals surface area (Å²) in [6.07, 6.45) is 1.48. The highest BCUT2D eigenvalue weighted by Crippen LogP contribution is 2.16. The maximum absolute atomic E-state index is 12.3. The minimum Gasteiger partial charge on any atom is -0.496 e. The number of para-hydroxylation sites is 1. The van der Waals surface area contributed by atoms with Gasteiger partial charge in [0.05, 0.1) is 18.2 Å². The Bertz CT molecular complexity index is 1140. The lowest BCUT2D eigenvalue weighted by molar-refractivity contribution is -0.384. The van der Waals surface area contributed by atoms with Crippen molar-refractivity contribution >= 4 is 29.4 Å². The lowest BCUT2D eigenvalue weighted by atomic mass is 10.1. The molecule has 31 heavy (non-hydrogen) atoms. The van der Waals surface area contributed by atoms with Crippen molar-refractivity contribution in [3.8, 4) is 5.75 Å². The van der Waals surface area contributed by atoms with Crippen LogP contribution in [0, 0.1) is 10.1 Å². The molecule has 0 bridgehead atoms. The van der Waals surface area contributed by atoms with Crippen LogP contribution in [0.2, 0.25) is 0 Å². The molecular weight excluding hydrogens is 400 g/mol. The van der Waals surface area contributed by atoms with Gasteiger partial charge in [-0.05, 0) is 42.5 Å². The third kappa shape index (κ3) is 5.51. The Kier molecular flexibility index (Phi) is 6.69. The van der Waals surface area contributed by atoms with Gasteiger partial charge in [-0.1, -0.05) is 18.2 Å². The highest BCUT2D eigenvalue weighted by Gasteiger charge is 2.12. The van der Waals surface area contributed by atoms with Gasteiger partial charge in [-0.25, -0.2) is 5.43 Å². The molecule has 0 heterocycles. The molecule has 0 aliphatic heterocycles. The molecule has 9 heteroatoms. The van der Waals surface area contributed by atoms with Crippen molar-refractivity contribution in [1.82, 2.24) is 5.43 Å². The number of nitro groups is 1. The van der Waals surface area contributed by atoms with Gasteiger partial charge in [0.25, 0.3) is 17.5 Å². The van der Waals surface area contributed by atoms with Gasteiger partial charge >= 0.3 is 0 Å². The van der Waals surface area contributed by atoms with Crippen LogP contribution in [0.1, 0.15) is 26.3 Å². The fraction of sp³-hybridized carbons (Fsp3) is 0.0455. The second-order valence-electron chi connectivity index (χ2n) is 6.28. The summed E-state index contributed by atoms with van der Waals surface area (Å²) >= 11 is 0. The van der Waals surface area contributed by atoms with E-state index < -0.39 is 16.7 Å². The molecule has 3 aromatic rings. The predicted molar refractivity (Wildman–Crippen MR) is 116 cm³/mol. The average Bonchev–Trinajstić information content (AvgIpc) is 2.79. The van der Waals surface area contributed by atoms with Crippen molar-refractivity contribution in [1.29, 1.82) is 0 Å². The molecule has 2 amide bonds. The summed E-state index contributed by atoms with van der Waals surface area (Å²) in [4.78, 5) is 34.8. The van der Waals surface area contributed by atoms with Crippen LogP contribution in [0.15, 0.2) is 77.9 Å². The van der Waals surface area contributed by atoms with Crippen molar-refractivity contribution in [2.45, 2.75) is 0 Å². The molecule has 0 spiro atoms. The normalized spacial score (nSPS) is 10.5. The van der Waals surface area contributed by atoms with Gasteiger partial charge in [0.15, 0.2) is 0 Å². The van der Waals surface area contributed by atoms with Crippen LogP contribution in [-0.2, 0) is 0 Å². The van der Waals surface area contributed by atoms with Gasteiger partial charge in [-0.3, -0.25) is 19.7 Å². The molecule has 0 radical (unpaired) electrons. The monoisotopic (exact) mass is 418 g/mol. The van der Waals surface area contributed by atoms with E-state index in [9.17, 15) is 19.7 Å². The first-order valence-corrected chi connectivity index (χ1v) is 9.10. The first-order valence-electron chi connectivity index (χ1n) is 9.10. The van der Waals surface area contributed by atoms with Gasteiger partial charge in [0.1, 0.15) is 5.75 Å². The Labute approximate surface area is 177 Å². The molecule has 0 fully saturated rings. The standard InChI is InChI=1S/C22H18N4O5/c1-31-20-8-3-2-5-17(20)14-23-25-22(28)15-9-11-18(12-10-15)24-21(27)16-6-4-7-19(13-16)26(29)30/h2-14H,1H3,(H,24,27)(H,25,28). The summed E-state index contributed by atoms with van der Waals surface area (Å²) < 4.78 is 5.21. The summed E-state index contributed by atoms with van der Waals surface area (Å²) in [7, 11) is 1.55.